The maximum absolute atomic E-state index is 5.31. The lowest BCUT2D eigenvalue weighted by Crippen LogP contribution is -2.40. The minimum atomic E-state index is 0. The fraction of sp³-hybridized carbons (Fsp3) is 0.533. The van der Waals surface area contributed by atoms with Gasteiger partial charge in [-0.15, -0.1) is 34.2 Å². The number of aliphatic imine (C=N–C) groups is 1. The molecule has 0 radical (unpaired) electrons. The zero-order valence-electron chi connectivity index (χ0n) is 13.2. The third-order valence-corrected chi connectivity index (χ3v) is 3.55. The van der Waals surface area contributed by atoms with E-state index in [1.165, 1.54) is 12.8 Å². The normalized spacial score (nSPS) is 14.4. The van der Waals surface area contributed by atoms with E-state index in [0.29, 0.717) is 12.6 Å². The Morgan fingerprint density at radius 1 is 1.48 bits per heavy atom. The lowest BCUT2D eigenvalue weighted by atomic mass is 10.4. The Bertz CT molecular complexity index is 605. The zero-order chi connectivity index (χ0) is 15.2. The number of hydrogen-bond acceptors (Lipinski definition) is 4. The van der Waals surface area contributed by atoms with E-state index in [9.17, 15) is 0 Å². The van der Waals surface area contributed by atoms with Crippen molar-refractivity contribution in [3.63, 3.8) is 0 Å². The molecule has 0 aliphatic heterocycles. The minimum Gasteiger partial charge on any atom is -0.467 e. The largest absolute Gasteiger partial charge is 0.467 e. The van der Waals surface area contributed by atoms with E-state index in [0.717, 1.165) is 37.1 Å². The summed E-state index contributed by atoms with van der Waals surface area (Å²) in [5.41, 5.74) is 0. The average molecular weight is 430 g/mol. The van der Waals surface area contributed by atoms with Gasteiger partial charge >= 0.3 is 0 Å². The molecule has 2 heterocycles. The molecule has 126 valence electrons. The molecule has 8 heteroatoms. The molecule has 1 aliphatic rings. The number of aromatic nitrogens is 3. The molecule has 0 unspecified atom stereocenters. The van der Waals surface area contributed by atoms with Crippen LogP contribution in [0.4, 0.5) is 0 Å². The van der Waals surface area contributed by atoms with Crippen LogP contribution in [-0.2, 0) is 19.5 Å². The van der Waals surface area contributed by atoms with Crippen LogP contribution in [0, 0.1) is 0 Å². The van der Waals surface area contributed by atoms with Gasteiger partial charge in [-0.3, -0.25) is 0 Å². The summed E-state index contributed by atoms with van der Waals surface area (Å²) < 4.78 is 7.38. The summed E-state index contributed by atoms with van der Waals surface area (Å²) in [6, 6.07) is 4.37. The molecule has 0 spiro atoms. The molecule has 1 fully saturated rings. The molecule has 0 saturated heterocycles. The van der Waals surface area contributed by atoms with Crippen LogP contribution in [-0.4, -0.2) is 33.3 Å². The van der Waals surface area contributed by atoms with Gasteiger partial charge in [0, 0.05) is 25.6 Å². The van der Waals surface area contributed by atoms with E-state index in [1.807, 2.05) is 12.1 Å². The van der Waals surface area contributed by atoms with E-state index < -0.39 is 0 Å². The highest BCUT2D eigenvalue weighted by atomic mass is 127. The lowest BCUT2D eigenvalue weighted by molar-refractivity contribution is 0.511. The van der Waals surface area contributed by atoms with Gasteiger partial charge in [-0.1, -0.05) is 6.92 Å². The Kier molecular flexibility index (Phi) is 6.87. The first kappa shape index (κ1) is 17.8. The minimum absolute atomic E-state index is 0. The zero-order valence-corrected chi connectivity index (χ0v) is 15.6. The summed E-state index contributed by atoms with van der Waals surface area (Å²) in [6.45, 7) is 4.23. The highest BCUT2D eigenvalue weighted by molar-refractivity contribution is 14.0. The molecule has 23 heavy (non-hydrogen) atoms. The highest BCUT2D eigenvalue weighted by Crippen LogP contribution is 2.18. The Hall–Kier alpha value is -1.58. The predicted molar refractivity (Wildman–Crippen MR) is 98.8 cm³/mol. The second-order valence-electron chi connectivity index (χ2n) is 5.38. The van der Waals surface area contributed by atoms with Gasteiger partial charge in [-0.05, 0) is 25.0 Å². The molecule has 1 aliphatic carbocycles. The SMILES string of the molecule is CCc1nncn1CCNC(=NCc1ccco1)NC1CC1.I. The maximum Gasteiger partial charge on any atom is 0.191 e. The van der Waals surface area contributed by atoms with Crippen molar-refractivity contribution in [3.8, 4) is 0 Å². The van der Waals surface area contributed by atoms with Crippen LogP contribution in [0.3, 0.4) is 0 Å². The van der Waals surface area contributed by atoms with Gasteiger partial charge in [0.2, 0.25) is 0 Å². The van der Waals surface area contributed by atoms with Gasteiger partial charge in [-0.25, -0.2) is 4.99 Å². The molecule has 0 amide bonds. The second-order valence-corrected chi connectivity index (χ2v) is 5.38. The van der Waals surface area contributed by atoms with Crippen molar-refractivity contribution < 1.29 is 4.42 Å². The van der Waals surface area contributed by atoms with E-state index in [4.69, 9.17) is 4.42 Å². The van der Waals surface area contributed by atoms with E-state index in [2.05, 4.69) is 37.3 Å². The van der Waals surface area contributed by atoms with Gasteiger partial charge in [0.15, 0.2) is 5.96 Å². The molecule has 2 aromatic rings. The Labute approximate surface area is 153 Å². The summed E-state index contributed by atoms with van der Waals surface area (Å²) in [4.78, 5) is 4.57. The summed E-state index contributed by atoms with van der Waals surface area (Å²) >= 11 is 0. The molecule has 0 atom stereocenters. The number of nitrogens with zero attached hydrogens (tertiary/aromatic N) is 4. The fourth-order valence-electron chi connectivity index (χ4n) is 2.17. The van der Waals surface area contributed by atoms with Crippen molar-refractivity contribution in [2.75, 3.05) is 6.54 Å². The standard InChI is InChI=1S/C15H22N6O.HI/c1-2-14-20-18-11-21(14)8-7-16-15(19-12-5-6-12)17-10-13-4-3-9-22-13;/h3-4,9,11-12H,2,5-8,10H2,1H3,(H2,16,17,19);1H. The summed E-state index contributed by atoms with van der Waals surface area (Å²) in [7, 11) is 0. The van der Waals surface area contributed by atoms with Crippen molar-refractivity contribution in [2.24, 2.45) is 4.99 Å². The van der Waals surface area contributed by atoms with Gasteiger partial charge in [-0.2, -0.15) is 0 Å². The van der Waals surface area contributed by atoms with Crippen molar-refractivity contribution in [1.82, 2.24) is 25.4 Å². The fourth-order valence-corrected chi connectivity index (χ4v) is 2.17. The quantitative estimate of drug-likeness (QED) is 0.399. The average Bonchev–Trinajstić information content (AvgIpc) is 3.03. The van der Waals surface area contributed by atoms with Crippen LogP contribution in [0.5, 0.6) is 0 Å². The summed E-state index contributed by atoms with van der Waals surface area (Å²) in [6.07, 6.45) is 6.76. The molecule has 3 rings (SSSR count). The third kappa shape index (κ3) is 5.52. The Morgan fingerprint density at radius 2 is 2.35 bits per heavy atom. The van der Waals surface area contributed by atoms with Crippen LogP contribution in [0.1, 0.15) is 31.4 Å². The van der Waals surface area contributed by atoms with E-state index in [-0.39, 0.29) is 24.0 Å². The number of furan rings is 1. The second kappa shape index (κ2) is 8.90. The molecule has 7 nitrogen and oxygen atoms in total. The first-order chi connectivity index (χ1) is 10.8. The van der Waals surface area contributed by atoms with Crippen LogP contribution < -0.4 is 10.6 Å². The van der Waals surface area contributed by atoms with Gasteiger partial charge in [0.05, 0.1) is 6.26 Å². The molecular weight excluding hydrogens is 407 g/mol. The lowest BCUT2D eigenvalue weighted by Gasteiger charge is -2.12. The van der Waals surface area contributed by atoms with Crippen molar-refractivity contribution in [2.45, 2.75) is 45.3 Å². The van der Waals surface area contributed by atoms with Gasteiger partial charge in [0.1, 0.15) is 24.5 Å². The topological polar surface area (TPSA) is 80.3 Å². The molecule has 0 bridgehead atoms. The van der Waals surface area contributed by atoms with Gasteiger partial charge < -0.3 is 19.6 Å². The smallest absolute Gasteiger partial charge is 0.191 e. The highest BCUT2D eigenvalue weighted by Gasteiger charge is 2.22. The number of rotatable bonds is 7. The first-order valence-electron chi connectivity index (χ1n) is 7.79. The monoisotopic (exact) mass is 430 g/mol. The molecular formula is C15H23IN6O. The first-order valence-corrected chi connectivity index (χ1v) is 7.79. The Morgan fingerprint density at radius 3 is 3.04 bits per heavy atom. The van der Waals surface area contributed by atoms with Crippen molar-refractivity contribution in [1.29, 1.82) is 0 Å². The molecule has 2 N–H and O–H groups in total. The van der Waals surface area contributed by atoms with Crippen LogP contribution in [0.2, 0.25) is 0 Å². The number of guanidine groups is 1. The van der Waals surface area contributed by atoms with Crippen LogP contribution >= 0.6 is 24.0 Å². The predicted octanol–water partition coefficient (Wildman–Crippen LogP) is 1.95. The molecule has 0 aromatic carbocycles. The summed E-state index contributed by atoms with van der Waals surface area (Å²) in [5.74, 6) is 2.71. The summed E-state index contributed by atoms with van der Waals surface area (Å²) in [5, 5.41) is 14.8. The number of aryl methyl sites for hydroxylation is 1. The van der Waals surface area contributed by atoms with E-state index in [1.54, 1.807) is 12.6 Å². The third-order valence-electron chi connectivity index (χ3n) is 3.55. The Balaban J connectivity index is 0.00000192. The maximum atomic E-state index is 5.31. The number of hydrogen-bond donors (Lipinski definition) is 2. The molecule has 2 aromatic heterocycles. The molecule has 1 saturated carbocycles. The number of nitrogens with one attached hydrogen (secondary N) is 2. The van der Waals surface area contributed by atoms with Crippen LogP contribution in [0.15, 0.2) is 34.1 Å². The van der Waals surface area contributed by atoms with Gasteiger partial charge in [0.25, 0.3) is 0 Å². The van der Waals surface area contributed by atoms with Crippen molar-refractivity contribution >= 4 is 29.9 Å². The van der Waals surface area contributed by atoms with Crippen LogP contribution in [0.25, 0.3) is 0 Å². The van der Waals surface area contributed by atoms with Crippen molar-refractivity contribution in [3.05, 3.63) is 36.3 Å². The van der Waals surface area contributed by atoms with E-state index >= 15 is 0 Å². The number of halogens is 1.